The highest BCUT2D eigenvalue weighted by molar-refractivity contribution is 5.90. The van der Waals surface area contributed by atoms with E-state index in [4.69, 9.17) is 9.84 Å². The molecule has 0 aromatic heterocycles. The van der Waals surface area contributed by atoms with Crippen LogP contribution in [0, 0.1) is 0 Å². The van der Waals surface area contributed by atoms with Crippen molar-refractivity contribution < 1.29 is 14.6 Å². The van der Waals surface area contributed by atoms with E-state index in [9.17, 15) is 4.79 Å². The first kappa shape index (κ1) is 14.9. The topological polar surface area (TPSA) is 58.6 Å². The number of benzene rings is 1. The molecule has 4 heteroatoms. The Labute approximate surface area is 120 Å². The van der Waals surface area contributed by atoms with Gasteiger partial charge in [-0.1, -0.05) is 37.8 Å². The minimum absolute atomic E-state index is 0.224. The molecule has 0 aliphatic heterocycles. The van der Waals surface area contributed by atoms with E-state index in [-0.39, 0.29) is 5.56 Å². The molecule has 4 nitrogen and oxygen atoms in total. The molecule has 1 fully saturated rings. The summed E-state index contributed by atoms with van der Waals surface area (Å²) in [5, 5.41) is 12.6. The first-order valence-corrected chi connectivity index (χ1v) is 7.46. The number of rotatable bonds is 6. The van der Waals surface area contributed by atoms with Crippen LogP contribution in [0.4, 0.5) is 0 Å². The third-order valence-electron chi connectivity index (χ3n) is 3.77. The molecular weight excluding hydrogens is 254 g/mol. The molecule has 1 aromatic carbocycles. The van der Waals surface area contributed by atoms with Gasteiger partial charge in [0.1, 0.15) is 17.9 Å². The van der Waals surface area contributed by atoms with Crippen molar-refractivity contribution in [2.45, 2.75) is 44.6 Å². The van der Waals surface area contributed by atoms with Crippen molar-refractivity contribution in [3.8, 4) is 5.75 Å². The molecule has 20 heavy (non-hydrogen) atoms. The molecule has 0 unspecified atom stereocenters. The van der Waals surface area contributed by atoms with Gasteiger partial charge in [0.05, 0.1) is 0 Å². The fourth-order valence-electron chi connectivity index (χ4n) is 2.68. The molecule has 0 saturated heterocycles. The lowest BCUT2D eigenvalue weighted by Crippen LogP contribution is -2.32. The summed E-state index contributed by atoms with van der Waals surface area (Å²) in [5.41, 5.74) is 0.224. The van der Waals surface area contributed by atoms with Crippen molar-refractivity contribution in [2.75, 3.05) is 13.2 Å². The predicted octanol–water partition coefficient (Wildman–Crippen LogP) is 3.08. The molecule has 2 N–H and O–H groups in total. The molecule has 0 radical (unpaired) electrons. The van der Waals surface area contributed by atoms with Gasteiger partial charge in [-0.05, 0) is 25.0 Å². The SMILES string of the molecule is O=C(O)c1ccccc1OCCNC1CCCCCC1. The summed E-state index contributed by atoms with van der Waals surface area (Å²) >= 11 is 0. The normalized spacial score (nSPS) is 16.6. The van der Waals surface area contributed by atoms with Crippen LogP contribution >= 0.6 is 0 Å². The Bertz CT molecular complexity index is 425. The zero-order valence-corrected chi connectivity index (χ0v) is 11.8. The zero-order chi connectivity index (χ0) is 14.2. The van der Waals surface area contributed by atoms with Crippen LogP contribution < -0.4 is 10.1 Å². The van der Waals surface area contributed by atoms with Gasteiger partial charge in [-0.25, -0.2) is 4.79 Å². The minimum atomic E-state index is -0.947. The summed E-state index contributed by atoms with van der Waals surface area (Å²) in [4.78, 5) is 11.0. The molecule has 0 heterocycles. The standard InChI is InChI=1S/C16H23NO3/c18-16(19)14-9-5-6-10-15(14)20-12-11-17-13-7-3-1-2-4-8-13/h5-6,9-10,13,17H,1-4,7-8,11-12H2,(H,18,19). The van der Waals surface area contributed by atoms with Crippen LogP contribution in [0.3, 0.4) is 0 Å². The number of carbonyl (C=O) groups is 1. The quantitative estimate of drug-likeness (QED) is 0.619. The summed E-state index contributed by atoms with van der Waals surface area (Å²) < 4.78 is 5.58. The van der Waals surface area contributed by atoms with E-state index in [1.807, 2.05) is 0 Å². The van der Waals surface area contributed by atoms with Crippen molar-refractivity contribution in [3.63, 3.8) is 0 Å². The van der Waals surface area contributed by atoms with Gasteiger partial charge in [0.2, 0.25) is 0 Å². The molecule has 1 aliphatic rings. The maximum atomic E-state index is 11.0. The number of carboxylic acid groups (broad SMARTS) is 1. The highest BCUT2D eigenvalue weighted by Gasteiger charge is 2.12. The van der Waals surface area contributed by atoms with Crippen LogP contribution in [-0.2, 0) is 0 Å². The lowest BCUT2D eigenvalue weighted by molar-refractivity contribution is 0.0692. The van der Waals surface area contributed by atoms with Gasteiger partial charge in [-0.15, -0.1) is 0 Å². The van der Waals surface area contributed by atoms with Gasteiger partial charge < -0.3 is 15.2 Å². The van der Waals surface area contributed by atoms with Gasteiger partial charge in [-0.3, -0.25) is 0 Å². The van der Waals surface area contributed by atoms with Gasteiger partial charge in [0.15, 0.2) is 0 Å². The zero-order valence-electron chi connectivity index (χ0n) is 11.8. The van der Waals surface area contributed by atoms with Crippen LogP contribution in [0.25, 0.3) is 0 Å². The Morgan fingerprint density at radius 1 is 1.20 bits per heavy atom. The average molecular weight is 277 g/mol. The van der Waals surface area contributed by atoms with Crippen LogP contribution in [0.2, 0.25) is 0 Å². The lowest BCUT2D eigenvalue weighted by Gasteiger charge is -2.16. The van der Waals surface area contributed by atoms with Crippen molar-refractivity contribution in [3.05, 3.63) is 29.8 Å². The molecule has 0 spiro atoms. The molecule has 0 atom stereocenters. The second kappa shape index (κ2) is 7.90. The van der Waals surface area contributed by atoms with E-state index in [0.29, 0.717) is 18.4 Å². The van der Waals surface area contributed by atoms with Crippen LogP contribution in [-0.4, -0.2) is 30.3 Å². The fourth-order valence-corrected chi connectivity index (χ4v) is 2.68. The third kappa shape index (κ3) is 4.53. The van der Waals surface area contributed by atoms with E-state index < -0.39 is 5.97 Å². The number of aromatic carboxylic acids is 1. The summed E-state index contributed by atoms with van der Waals surface area (Å²) in [6, 6.07) is 7.36. The fraction of sp³-hybridized carbons (Fsp3) is 0.562. The Hall–Kier alpha value is -1.55. The predicted molar refractivity (Wildman–Crippen MR) is 78.4 cm³/mol. The number of nitrogens with one attached hydrogen (secondary N) is 1. The summed E-state index contributed by atoms with van der Waals surface area (Å²) in [7, 11) is 0. The maximum absolute atomic E-state index is 11.0. The van der Waals surface area contributed by atoms with Gasteiger partial charge in [0, 0.05) is 12.6 Å². The average Bonchev–Trinajstić information content (AvgIpc) is 2.72. The second-order valence-corrected chi connectivity index (χ2v) is 5.29. The molecule has 1 saturated carbocycles. The highest BCUT2D eigenvalue weighted by Crippen LogP contribution is 2.18. The monoisotopic (exact) mass is 277 g/mol. The number of para-hydroxylation sites is 1. The molecule has 110 valence electrons. The van der Waals surface area contributed by atoms with Crippen LogP contribution in [0.15, 0.2) is 24.3 Å². The van der Waals surface area contributed by atoms with Crippen molar-refractivity contribution >= 4 is 5.97 Å². The first-order chi connectivity index (χ1) is 9.77. The number of ether oxygens (including phenoxy) is 1. The van der Waals surface area contributed by atoms with Crippen molar-refractivity contribution in [1.29, 1.82) is 0 Å². The number of hydrogen-bond donors (Lipinski definition) is 2. The van der Waals surface area contributed by atoms with E-state index >= 15 is 0 Å². The molecule has 2 rings (SSSR count). The van der Waals surface area contributed by atoms with Crippen molar-refractivity contribution in [2.24, 2.45) is 0 Å². The number of hydrogen-bond acceptors (Lipinski definition) is 3. The van der Waals surface area contributed by atoms with Gasteiger partial charge >= 0.3 is 5.97 Å². The Morgan fingerprint density at radius 2 is 1.90 bits per heavy atom. The smallest absolute Gasteiger partial charge is 0.339 e. The Balaban J connectivity index is 1.74. The first-order valence-electron chi connectivity index (χ1n) is 7.46. The lowest BCUT2D eigenvalue weighted by atomic mass is 10.1. The maximum Gasteiger partial charge on any atom is 0.339 e. The largest absolute Gasteiger partial charge is 0.491 e. The van der Waals surface area contributed by atoms with Gasteiger partial charge in [-0.2, -0.15) is 0 Å². The third-order valence-corrected chi connectivity index (χ3v) is 3.77. The van der Waals surface area contributed by atoms with Crippen LogP contribution in [0.1, 0.15) is 48.9 Å². The van der Waals surface area contributed by atoms with Gasteiger partial charge in [0.25, 0.3) is 0 Å². The Morgan fingerprint density at radius 3 is 2.60 bits per heavy atom. The molecule has 1 aromatic rings. The van der Waals surface area contributed by atoms with E-state index in [0.717, 1.165) is 6.54 Å². The molecular formula is C16H23NO3. The molecule has 1 aliphatic carbocycles. The molecule has 0 amide bonds. The summed E-state index contributed by atoms with van der Waals surface area (Å²) in [6.45, 7) is 1.26. The van der Waals surface area contributed by atoms with Crippen LogP contribution in [0.5, 0.6) is 5.75 Å². The minimum Gasteiger partial charge on any atom is -0.491 e. The molecule has 0 bridgehead atoms. The van der Waals surface area contributed by atoms with E-state index in [1.165, 1.54) is 38.5 Å². The second-order valence-electron chi connectivity index (χ2n) is 5.29. The summed E-state index contributed by atoms with van der Waals surface area (Å²) in [5.74, 6) is -0.500. The highest BCUT2D eigenvalue weighted by atomic mass is 16.5. The van der Waals surface area contributed by atoms with E-state index in [1.54, 1.807) is 24.3 Å². The Kier molecular flexibility index (Phi) is 5.87. The number of carboxylic acids is 1. The summed E-state index contributed by atoms with van der Waals surface area (Å²) in [6.07, 6.45) is 7.79. The van der Waals surface area contributed by atoms with E-state index in [2.05, 4.69) is 5.32 Å². The van der Waals surface area contributed by atoms with Crippen molar-refractivity contribution in [1.82, 2.24) is 5.32 Å².